The summed E-state index contributed by atoms with van der Waals surface area (Å²) in [6, 6.07) is 8.09. The third-order valence-corrected chi connectivity index (χ3v) is 5.14. The SMILES string of the molecule is Cc1c(Br)c(OC(C)OCC(C)C)c2ccccc2c1OC(C)OCC(C)C. The van der Waals surface area contributed by atoms with E-state index >= 15 is 0 Å². The number of halogens is 1. The average Bonchev–Trinajstić information content (AvgIpc) is 2.65. The van der Waals surface area contributed by atoms with Gasteiger partial charge >= 0.3 is 0 Å². The van der Waals surface area contributed by atoms with E-state index in [2.05, 4.69) is 43.6 Å². The predicted molar refractivity (Wildman–Crippen MR) is 118 cm³/mol. The van der Waals surface area contributed by atoms with E-state index in [0.717, 1.165) is 32.3 Å². The molecule has 0 bridgehead atoms. The molecule has 2 unspecified atom stereocenters. The highest BCUT2D eigenvalue weighted by Gasteiger charge is 2.21. The molecule has 2 aromatic carbocycles. The minimum atomic E-state index is -0.346. The molecule has 4 nitrogen and oxygen atoms in total. The zero-order chi connectivity index (χ0) is 20.8. The largest absolute Gasteiger partial charge is 0.464 e. The van der Waals surface area contributed by atoms with Crippen molar-refractivity contribution in [2.75, 3.05) is 13.2 Å². The van der Waals surface area contributed by atoms with E-state index in [0.29, 0.717) is 25.0 Å². The van der Waals surface area contributed by atoms with Crippen molar-refractivity contribution in [1.82, 2.24) is 0 Å². The second-order valence-corrected chi connectivity index (χ2v) is 8.76. The fraction of sp³-hybridized carbons (Fsp3) is 0.565. The van der Waals surface area contributed by atoms with Gasteiger partial charge in [0.05, 0.1) is 17.7 Å². The number of fused-ring (bicyclic) bond motifs is 1. The lowest BCUT2D eigenvalue weighted by atomic mass is 10.0. The smallest absolute Gasteiger partial charge is 0.197 e. The number of rotatable bonds is 10. The molecule has 0 aliphatic rings. The molecule has 156 valence electrons. The van der Waals surface area contributed by atoms with Gasteiger partial charge < -0.3 is 18.9 Å². The lowest BCUT2D eigenvalue weighted by molar-refractivity contribution is -0.0769. The summed E-state index contributed by atoms with van der Waals surface area (Å²) in [4.78, 5) is 0. The van der Waals surface area contributed by atoms with Gasteiger partial charge in [-0.1, -0.05) is 52.0 Å². The standard InChI is InChI=1S/C23H33BrO4/c1-14(2)12-25-17(6)27-22-16(5)21(24)23(20-11-9-8-10-19(20)22)28-18(7)26-13-15(3)4/h8-11,14-15,17-18H,12-13H2,1-7H3. The maximum Gasteiger partial charge on any atom is 0.197 e. The van der Waals surface area contributed by atoms with Gasteiger partial charge in [-0.05, 0) is 48.5 Å². The molecule has 0 aromatic heterocycles. The molecule has 28 heavy (non-hydrogen) atoms. The van der Waals surface area contributed by atoms with Gasteiger partial charge in [-0.2, -0.15) is 0 Å². The Morgan fingerprint density at radius 1 is 0.750 bits per heavy atom. The Hall–Kier alpha value is -1.30. The molecule has 0 fully saturated rings. The molecule has 0 N–H and O–H groups in total. The van der Waals surface area contributed by atoms with E-state index in [-0.39, 0.29) is 12.6 Å². The topological polar surface area (TPSA) is 36.9 Å². The second kappa shape index (κ2) is 10.5. The highest BCUT2D eigenvalue weighted by Crippen LogP contribution is 2.44. The monoisotopic (exact) mass is 452 g/mol. The van der Waals surface area contributed by atoms with Crippen LogP contribution in [0.15, 0.2) is 28.7 Å². The van der Waals surface area contributed by atoms with Gasteiger partial charge in [0.25, 0.3) is 0 Å². The first kappa shape index (κ1) is 23.0. The zero-order valence-electron chi connectivity index (χ0n) is 18.0. The lowest BCUT2D eigenvalue weighted by Gasteiger charge is -2.24. The maximum absolute atomic E-state index is 6.19. The van der Waals surface area contributed by atoms with E-state index in [1.165, 1.54) is 0 Å². The summed E-state index contributed by atoms with van der Waals surface area (Å²) in [5.41, 5.74) is 0.977. The fourth-order valence-electron chi connectivity index (χ4n) is 2.79. The molecule has 0 aliphatic carbocycles. The number of hydrogen-bond acceptors (Lipinski definition) is 4. The molecular weight excluding hydrogens is 420 g/mol. The number of ether oxygens (including phenoxy) is 4. The molecule has 5 heteroatoms. The highest BCUT2D eigenvalue weighted by molar-refractivity contribution is 9.10. The van der Waals surface area contributed by atoms with Crippen molar-refractivity contribution in [3.63, 3.8) is 0 Å². The minimum Gasteiger partial charge on any atom is -0.464 e. The average molecular weight is 453 g/mol. The van der Waals surface area contributed by atoms with E-state index in [9.17, 15) is 0 Å². The van der Waals surface area contributed by atoms with Gasteiger partial charge in [-0.3, -0.25) is 0 Å². The van der Waals surface area contributed by atoms with Crippen LogP contribution < -0.4 is 9.47 Å². The van der Waals surface area contributed by atoms with Crippen LogP contribution >= 0.6 is 15.9 Å². The van der Waals surface area contributed by atoms with Crippen LogP contribution in [0.4, 0.5) is 0 Å². The number of hydrogen-bond donors (Lipinski definition) is 0. The lowest BCUT2D eigenvalue weighted by Crippen LogP contribution is -2.21. The van der Waals surface area contributed by atoms with Crippen molar-refractivity contribution >= 4 is 26.7 Å². The Labute approximate surface area is 177 Å². The molecule has 0 aliphatic heterocycles. The Balaban J connectivity index is 2.35. The second-order valence-electron chi connectivity index (χ2n) is 7.97. The van der Waals surface area contributed by atoms with Crippen LogP contribution in [-0.4, -0.2) is 25.8 Å². The van der Waals surface area contributed by atoms with E-state index in [1.807, 2.05) is 45.0 Å². The third kappa shape index (κ3) is 6.10. The number of benzene rings is 2. The first-order chi connectivity index (χ1) is 13.2. The van der Waals surface area contributed by atoms with E-state index < -0.39 is 0 Å². The maximum atomic E-state index is 6.19. The van der Waals surface area contributed by atoms with E-state index in [1.54, 1.807) is 0 Å². The van der Waals surface area contributed by atoms with Crippen molar-refractivity contribution in [3.05, 3.63) is 34.3 Å². The third-order valence-electron chi connectivity index (χ3n) is 4.18. The van der Waals surface area contributed by atoms with Gasteiger partial charge in [-0.15, -0.1) is 0 Å². The summed E-state index contributed by atoms with van der Waals surface area (Å²) in [6.45, 7) is 15.7. The molecule has 0 amide bonds. The van der Waals surface area contributed by atoms with Crippen LogP contribution in [0.5, 0.6) is 11.5 Å². The summed E-state index contributed by atoms with van der Waals surface area (Å²) in [5, 5.41) is 1.97. The molecular formula is C23H33BrO4. The van der Waals surface area contributed by atoms with Crippen LogP contribution in [0.3, 0.4) is 0 Å². The molecule has 0 radical (unpaired) electrons. The van der Waals surface area contributed by atoms with Crippen molar-refractivity contribution in [1.29, 1.82) is 0 Å². The summed E-state index contributed by atoms with van der Waals surface area (Å²) in [6.07, 6.45) is -0.682. The Kier molecular flexibility index (Phi) is 8.59. The van der Waals surface area contributed by atoms with Crippen molar-refractivity contribution in [2.24, 2.45) is 11.8 Å². The molecule has 0 spiro atoms. The van der Waals surface area contributed by atoms with Crippen LogP contribution in [-0.2, 0) is 9.47 Å². The van der Waals surface area contributed by atoms with Gasteiger partial charge in [-0.25, -0.2) is 0 Å². The van der Waals surface area contributed by atoms with Crippen LogP contribution in [0.2, 0.25) is 0 Å². The fourth-order valence-corrected chi connectivity index (χ4v) is 3.28. The van der Waals surface area contributed by atoms with Gasteiger partial charge in [0, 0.05) is 16.3 Å². The quantitative estimate of drug-likeness (QED) is 0.375. The molecule has 0 saturated heterocycles. The van der Waals surface area contributed by atoms with E-state index in [4.69, 9.17) is 18.9 Å². The molecule has 0 heterocycles. The predicted octanol–water partition coefficient (Wildman–Crippen LogP) is 6.71. The molecule has 2 atom stereocenters. The van der Waals surface area contributed by atoms with Gasteiger partial charge in [0.1, 0.15) is 11.5 Å². The Morgan fingerprint density at radius 2 is 1.18 bits per heavy atom. The highest BCUT2D eigenvalue weighted by atomic mass is 79.9. The molecule has 0 saturated carbocycles. The summed E-state index contributed by atoms with van der Waals surface area (Å²) < 4.78 is 24.9. The van der Waals surface area contributed by atoms with Crippen LogP contribution in [0.1, 0.15) is 47.1 Å². The summed E-state index contributed by atoms with van der Waals surface area (Å²) in [7, 11) is 0. The first-order valence-corrected chi connectivity index (χ1v) is 10.8. The van der Waals surface area contributed by atoms with Crippen molar-refractivity contribution in [2.45, 2.75) is 61.0 Å². The summed E-state index contributed by atoms with van der Waals surface area (Å²) in [5.74, 6) is 2.49. The Morgan fingerprint density at radius 3 is 1.64 bits per heavy atom. The van der Waals surface area contributed by atoms with Gasteiger partial charge in [0.2, 0.25) is 0 Å². The van der Waals surface area contributed by atoms with Crippen molar-refractivity contribution < 1.29 is 18.9 Å². The normalized spacial score (nSPS) is 13.9. The summed E-state index contributed by atoms with van der Waals surface area (Å²) >= 11 is 3.71. The zero-order valence-corrected chi connectivity index (χ0v) is 19.6. The molecule has 2 aromatic rings. The van der Waals surface area contributed by atoms with Crippen LogP contribution in [0, 0.1) is 18.8 Å². The molecule has 2 rings (SSSR count). The van der Waals surface area contributed by atoms with Gasteiger partial charge in [0.15, 0.2) is 12.6 Å². The van der Waals surface area contributed by atoms with Crippen LogP contribution in [0.25, 0.3) is 10.8 Å². The Bertz CT molecular complexity index is 708. The van der Waals surface area contributed by atoms with Crippen molar-refractivity contribution in [3.8, 4) is 11.5 Å². The first-order valence-electron chi connectivity index (χ1n) is 9.98. The minimum absolute atomic E-state index is 0.337.